The number of likely N-dealkylation sites (tertiary alicyclic amines) is 1. The molecule has 0 radical (unpaired) electrons. The van der Waals surface area contributed by atoms with Crippen LogP contribution in [0.1, 0.15) is 34.1 Å². The Labute approximate surface area is 120 Å². The summed E-state index contributed by atoms with van der Waals surface area (Å²) in [6.07, 6.45) is 0.0793. The van der Waals surface area contributed by atoms with Gasteiger partial charge in [0, 0.05) is 13.7 Å². The summed E-state index contributed by atoms with van der Waals surface area (Å²) in [5.41, 5.74) is -1.13. The molecule has 1 rings (SSSR count). The molecule has 1 aliphatic heterocycles. The van der Waals surface area contributed by atoms with E-state index in [9.17, 15) is 9.59 Å². The highest BCUT2D eigenvalue weighted by Crippen LogP contribution is 2.35. The van der Waals surface area contributed by atoms with Crippen LogP contribution in [0.15, 0.2) is 0 Å². The number of esters is 1. The molecule has 0 N–H and O–H groups in total. The number of carbonyl (C=O) groups is 2. The summed E-state index contributed by atoms with van der Waals surface area (Å²) in [6.45, 7) is 7.97. The van der Waals surface area contributed by atoms with Crippen molar-refractivity contribution in [3.63, 3.8) is 0 Å². The van der Waals surface area contributed by atoms with Crippen molar-refractivity contribution < 1.29 is 23.8 Å². The van der Waals surface area contributed by atoms with E-state index in [1.54, 1.807) is 12.0 Å². The minimum Gasteiger partial charge on any atom is -0.469 e. The van der Waals surface area contributed by atoms with Crippen LogP contribution in [0.5, 0.6) is 0 Å². The number of rotatable bonds is 3. The van der Waals surface area contributed by atoms with Crippen LogP contribution in [0, 0.1) is 5.92 Å². The van der Waals surface area contributed by atoms with Crippen molar-refractivity contribution in [2.45, 2.75) is 45.3 Å². The lowest BCUT2D eigenvalue weighted by molar-refractivity contribution is -0.145. The third-order valence-corrected chi connectivity index (χ3v) is 3.34. The zero-order valence-electron chi connectivity index (χ0n) is 13.2. The Morgan fingerprint density at radius 3 is 2.35 bits per heavy atom. The number of nitrogens with zero attached hydrogens (tertiary/aromatic N) is 1. The maximum absolute atomic E-state index is 12.3. The maximum atomic E-state index is 12.3. The van der Waals surface area contributed by atoms with E-state index < -0.39 is 17.2 Å². The van der Waals surface area contributed by atoms with Gasteiger partial charge in [-0.1, -0.05) is 0 Å². The molecule has 1 amide bonds. The average Bonchev–Trinajstić information content (AvgIpc) is 2.64. The van der Waals surface area contributed by atoms with Crippen molar-refractivity contribution in [2.24, 2.45) is 5.92 Å². The van der Waals surface area contributed by atoms with Gasteiger partial charge in [0.2, 0.25) is 0 Å². The maximum Gasteiger partial charge on any atom is 0.410 e. The number of carbonyl (C=O) groups excluding carboxylic acids is 2. The first kappa shape index (κ1) is 16.8. The Balaban J connectivity index is 2.90. The predicted octanol–water partition coefficient (Wildman–Crippen LogP) is 1.82. The van der Waals surface area contributed by atoms with E-state index in [1.165, 1.54) is 7.11 Å². The molecule has 6 heteroatoms. The van der Waals surface area contributed by atoms with Gasteiger partial charge in [-0.3, -0.25) is 9.69 Å². The van der Waals surface area contributed by atoms with Crippen LogP contribution < -0.4 is 0 Å². The molecule has 1 heterocycles. The lowest BCUT2D eigenvalue weighted by atomic mass is 9.95. The quantitative estimate of drug-likeness (QED) is 0.741. The molecular formula is C14H25NO5. The summed E-state index contributed by atoms with van der Waals surface area (Å²) >= 11 is 0. The SMILES string of the molecule is COC[C@]1(C)C[C@H](C(=O)OC)CN1C(=O)OC(C)(C)C. The fraction of sp³-hybridized carbons (Fsp3) is 0.857. The minimum atomic E-state index is -0.575. The van der Waals surface area contributed by atoms with Crippen molar-refractivity contribution in [2.75, 3.05) is 27.4 Å². The molecule has 0 aromatic rings. The van der Waals surface area contributed by atoms with Gasteiger partial charge >= 0.3 is 12.1 Å². The van der Waals surface area contributed by atoms with Gasteiger partial charge < -0.3 is 14.2 Å². The average molecular weight is 287 g/mol. The molecule has 0 aromatic heterocycles. The summed E-state index contributed by atoms with van der Waals surface area (Å²) in [7, 11) is 2.93. The van der Waals surface area contributed by atoms with Crippen molar-refractivity contribution in [1.82, 2.24) is 4.90 Å². The van der Waals surface area contributed by atoms with Gasteiger partial charge in [-0.2, -0.15) is 0 Å². The van der Waals surface area contributed by atoms with Crippen molar-refractivity contribution in [3.8, 4) is 0 Å². The van der Waals surface area contributed by atoms with Crippen LogP contribution >= 0.6 is 0 Å². The minimum absolute atomic E-state index is 0.293. The third-order valence-electron chi connectivity index (χ3n) is 3.34. The van der Waals surface area contributed by atoms with Gasteiger partial charge in [-0.25, -0.2) is 4.79 Å². The Hall–Kier alpha value is -1.30. The third kappa shape index (κ3) is 3.85. The van der Waals surface area contributed by atoms with Crippen LogP contribution in [0.2, 0.25) is 0 Å². The standard InChI is InChI=1S/C14H25NO5/c1-13(2,3)20-12(17)15-8-10(11(16)19-6)7-14(15,4)9-18-5/h10H,7-9H2,1-6H3/t10-,14-/m0/s1. The molecule has 0 bridgehead atoms. The monoisotopic (exact) mass is 287 g/mol. The number of ether oxygens (including phenoxy) is 3. The predicted molar refractivity (Wildman–Crippen MR) is 73.3 cm³/mol. The number of amides is 1. The highest BCUT2D eigenvalue weighted by atomic mass is 16.6. The van der Waals surface area contributed by atoms with Crippen molar-refractivity contribution in [1.29, 1.82) is 0 Å². The molecule has 2 atom stereocenters. The van der Waals surface area contributed by atoms with E-state index in [0.29, 0.717) is 19.6 Å². The largest absolute Gasteiger partial charge is 0.469 e. The Morgan fingerprint density at radius 2 is 1.90 bits per heavy atom. The van der Waals surface area contributed by atoms with Crippen LogP contribution in [-0.2, 0) is 19.0 Å². The zero-order valence-corrected chi connectivity index (χ0v) is 13.2. The molecule has 0 saturated carbocycles. The lowest BCUT2D eigenvalue weighted by Crippen LogP contribution is -2.49. The summed E-state index contributed by atoms with van der Waals surface area (Å²) in [4.78, 5) is 25.6. The number of methoxy groups -OCH3 is 2. The van der Waals surface area contributed by atoms with Crippen LogP contribution in [0.4, 0.5) is 4.79 Å². The van der Waals surface area contributed by atoms with E-state index in [-0.39, 0.29) is 11.9 Å². The van der Waals surface area contributed by atoms with Gasteiger partial charge in [0.1, 0.15) is 5.60 Å². The molecule has 0 unspecified atom stereocenters. The smallest absolute Gasteiger partial charge is 0.410 e. The molecule has 6 nitrogen and oxygen atoms in total. The second-order valence-corrected chi connectivity index (χ2v) is 6.45. The molecule has 116 valence electrons. The van der Waals surface area contributed by atoms with E-state index >= 15 is 0 Å². The Bertz CT molecular complexity index is 376. The van der Waals surface area contributed by atoms with Gasteiger partial charge in [-0.05, 0) is 34.1 Å². The molecule has 1 fully saturated rings. The van der Waals surface area contributed by atoms with Crippen molar-refractivity contribution in [3.05, 3.63) is 0 Å². The second-order valence-electron chi connectivity index (χ2n) is 6.45. The van der Waals surface area contributed by atoms with Gasteiger partial charge in [-0.15, -0.1) is 0 Å². The second kappa shape index (κ2) is 5.99. The summed E-state index contributed by atoms with van der Waals surface area (Å²) < 4.78 is 15.4. The van der Waals surface area contributed by atoms with E-state index in [4.69, 9.17) is 14.2 Å². The fourth-order valence-corrected chi connectivity index (χ4v) is 2.53. The highest BCUT2D eigenvalue weighted by Gasteiger charge is 2.48. The number of hydrogen-bond donors (Lipinski definition) is 0. The van der Waals surface area contributed by atoms with Gasteiger partial charge in [0.05, 0.1) is 25.2 Å². The molecule has 0 spiro atoms. The molecule has 0 aliphatic carbocycles. The van der Waals surface area contributed by atoms with Crippen LogP contribution in [0.3, 0.4) is 0 Å². The van der Waals surface area contributed by atoms with Crippen LogP contribution in [-0.4, -0.2) is 55.5 Å². The topological polar surface area (TPSA) is 65.1 Å². The molecule has 1 saturated heterocycles. The summed E-state index contributed by atoms with van der Waals surface area (Å²) in [5.74, 6) is -0.647. The summed E-state index contributed by atoms with van der Waals surface area (Å²) in [5, 5.41) is 0. The van der Waals surface area contributed by atoms with E-state index in [1.807, 2.05) is 27.7 Å². The zero-order chi connectivity index (χ0) is 15.6. The first-order chi connectivity index (χ1) is 9.13. The van der Waals surface area contributed by atoms with Crippen molar-refractivity contribution >= 4 is 12.1 Å². The normalized spacial score (nSPS) is 26.5. The van der Waals surface area contributed by atoms with Gasteiger partial charge in [0.15, 0.2) is 0 Å². The first-order valence-corrected chi connectivity index (χ1v) is 6.70. The first-order valence-electron chi connectivity index (χ1n) is 6.70. The van der Waals surface area contributed by atoms with E-state index in [0.717, 1.165) is 0 Å². The van der Waals surface area contributed by atoms with Crippen LogP contribution in [0.25, 0.3) is 0 Å². The molecule has 1 aliphatic rings. The van der Waals surface area contributed by atoms with Gasteiger partial charge in [0.25, 0.3) is 0 Å². The lowest BCUT2D eigenvalue weighted by Gasteiger charge is -2.35. The molecule has 20 heavy (non-hydrogen) atoms. The molecule has 0 aromatic carbocycles. The highest BCUT2D eigenvalue weighted by molar-refractivity contribution is 5.76. The number of hydrogen-bond acceptors (Lipinski definition) is 5. The Morgan fingerprint density at radius 1 is 1.30 bits per heavy atom. The summed E-state index contributed by atoms with van der Waals surface area (Å²) in [6, 6.07) is 0. The molecular weight excluding hydrogens is 262 g/mol. The fourth-order valence-electron chi connectivity index (χ4n) is 2.53. The Kier molecular flexibility index (Phi) is 5.02. The van der Waals surface area contributed by atoms with E-state index in [2.05, 4.69) is 0 Å².